The highest BCUT2D eigenvalue weighted by Gasteiger charge is 1.98. The summed E-state index contributed by atoms with van der Waals surface area (Å²) in [6.45, 7) is 2.79. The first-order chi connectivity index (χ1) is 11.3. The van der Waals surface area contributed by atoms with Crippen LogP contribution in [0.5, 0.6) is 0 Å². The van der Waals surface area contributed by atoms with E-state index in [0.29, 0.717) is 0 Å². The van der Waals surface area contributed by atoms with Crippen LogP contribution in [0.25, 0.3) is 0 Å². The summed E-state index contributed by atoms with van der Waals surface area (Å²) < 4.78 is 0. The number of hydrogen-bond donors (Lipinski definition) is 2. The van der Waals surface area contributed by atoms with Crippen LogP contribution in [-0.2, 0) is 0 Å². The maximum absolute atomic E-state index is 9.09. The average Bonchev–Trinajstić information content (AvgIpc) is 2.56. The third-order valence-corrected chi connectivity index (χ3v) is 4.58. The molecule has 0 heterocycles. The van der Waals surface area contributed by atoms with Crippen molar-refractivity contribution in [2.75, 3.05) is 13.2 Å². The SMILES string of the molecule is CCCCCCCCCCCCCCC(=CCCCO)CCO. The zero-order valence-electron chi connectivity index (χ0n) is 15.7. The van der Waals surface area contributed by atoms with E-state index in [0.717, 1.165) is 25.7 Å². The summed E-state index contributed by atoms with van der Waals surface area (Å²) in [4.78, 5) is 0. The molecule has 0 unspecified atom stereocenters. The van der Waals surface area contributed by atoms with Gasteiger partial charge in [-0.05, 0) is 32.1 Å². The minimum absolute atomic E-state index is 0.253. The van der Waals surface area contributed by atoms with Gasteiger partial charge in [0.1, 0.15) is 0 Å². The van der Waals surface area contributed by atoms with Crippen molar-refractivity contribution in [2.24, 2.45) is 0 Å². The molecule has 0 atom stereocenters. The average molecular weight is 327 g/mol. The first-order valence-corrected chi connectivity index (χ1v) is 10.2. The number of hydrogen-bond acceptors (Lipinski definition) is 2. The Labute approximate surface area is 145 Å². The van der Waals surface area contributed by atoms with E-state index < -0.39 is 0 Å². The zero-order valence-corrected chi connectivity index (χ0v) is 15.7. The van der Waals surface area contributed by atoms with Gasteiger partial charge in [-0.15, -0.1) is 0 Å². The molecule has 0 aliphatic heterocycles. The molecular weight excluding hydrogens is 284 g/mol. The minimum Gasteiger partial charge on any atom is -0.396 e. The van der Waals surface area contributed by atoms with E-state index in [9.17, 15) is 0 Å². The molecule has 23 heavy (non-hydrogen) atoms. The highest BCUT2D eigenvalue weighted by Crippen LogP contribution is 2.16. The van der Waals surface area contributed by atoms with Crippen LogP contribution >= 0.6 is 0 Å². The van der Waals surface area contributed by atoms with Crippen LogP contribution < -0.4 is 0 Å². The monoisotopic (exact) mass is 326 g/mol. The van der Waals surface area contributed by atoms with Crippen molar-refractivity contribution in [3.63, 3.8) is 0 Å². The zero-order chi connectivity index (χ0) is 17.0. The molecule has 0 saturated heterocycles. The van der Waals surface area contributed by atoms with Crippen molar-refractivity contribution < 1.29 is 10.2 Å². The Balaban J connectivity index is 3.37. The van der Waals surface area contributed by atoms with Gasteiger partial charge in [-0.3, -0.25) is 0 Å². The molecule has 2 N–H and O–H groups in total. The second-order valence-corrected chi connectivity index (χ2v) is 6.84. The van der Waals surface area contributed by atoms with Gasteiger partial charge >= 0.3 is 0 Å². The van der Waals surface area contributed by atoms with E-state index in [2.05, 4.69) is 13.0 Å². The Morgan fingerprint density at radius 2 is 1.13 bits per heavy atom. The van der Waals surface area contributed by atoms with Gasteiger partial charge < -0.3 is 10.2 Å². The lowest BCUT2D eigenvalue weighted by Gasteiger charge is -2.06. The summed E-state index contributed by atoms with van der Waals surface area (Å²) in [6.07, 6.45) is 22.6. The normalized spacial score (nSPS) is 12.0. The summed E-state index contributed by atoms with van der Waals surface area (Å²) in [5.41, 5.74) is 1.38. The molecule has 0 rings (SSSR count). The van der Waals surface area contributed by atoms with Crippen LogP contribution in [0.1, 0.15) is 110 Å². The fraction of sp³-hybridized carbons (Fsp3) is 0.905. The third-order valence-electron chi connectivity index (χ3n) is 4.58. The Hall–Kier alpha value is -0.340. The molecule has 0 fully saturated rings. The van der Waals surface area contributed by atoms with Gasteiger partial charge in [0, 0.05) is 13.2 Å². The van der Waals surface area contributed by atoms with Crippen LogP contribution in [0.3, 0.4) is 0 Å². The molecule has 2 heteroatoms. The molecule has 0 radical (unpaired) electrons. The van der Waals surface area contributed by atoms with Gasteiger partial charge in [-0.1, -0.05) is 89.2 Å². The lowest BCUT2D eigenvalue weighted by molar-refractivity contribution is 0.288. The molecule has 0 aromatic heterocycles. The number of rotatable bonds is 18. The summed E-state index contributed by atoms with van der Waals surface area (Å²) in [6, 6.07) is 0. The fourth-order valence-corrected chi connectivity index (χ4v) is 3.06. The van der Waals surface area contributed by atoms with Gasteiger partial charge in [0.2, 0.25) is 0 Å². The standard InChI is InChI=1S/C21H42O2/c1-2-3-4-5-6-7-8-9-10-11-12-13-16-21(18-20-23)17-14-15-19-22/h17,22-23H,2-16,18-20H2,1H3. The Bertz CT molecular complexity index is 248. The molecular formula is C21H42O2. The maximum Gasteiger partial charge on any atom is 0.0468 e. The van der Waals surface area contributed by atoms with Crippen LogP contribution in [0, 0.1) is 0 Å². The van der Waals surface area contributed by atoms with E-state index in [1.807, 2.05) is 0 Å². The molecule has 0 aliphatic rings. The Morgan fingerprint density at radius 3 is 1.61 bits per heavy atom. The molecule has 0 aromatic carbocycles. The van der Waals surface area contributed by atoms with E-state index in [1.165, 1.54) is 82.6 Å². The van der Waals surface area contributed by atoms with Crippen molar-refractivity contribution >= 4 is 0 Å². The van der Waals surface area contributed by atoms with Gasteiger partial charge in [0.05, 0.1) is 0 Å². The summed E-state index contributed by atoms with van der Waals surface area (Å²) >= 11 is 0. The molecule has 0 bridgehead atoms. The highest BCUT2D eigenvalue weighted by atomic mass is 16.3. The predicted octanol–water partition coefficient (Wildman–Crippen LogP) is 6.16. The topological polar surface area (TPSA) is 40.5 Å². The summed E-state index contributed by atoms with van der Waals surface area (Å²) in [7, 11) is 0. The van der Waals surface area contributed by atoms with Gasteiger partial charge in [-0.25, -0.2) is 0 Å². The summed E-state index contributed by atoms with van der Waals surface area (Å²) in [5, 5.41) is 17.9. The highest BCUT2D eigenvalue weighted by molar-refractivity contribution is 5.01. The predicted molar refractivity (Wildman–Crippen MR) is 102 cm³/mol. The van der Waals surface area contributed by atoms with Crippen LogP contribution in [-0.4, -0.2) is 23.4 Å². The molecule has 0 saturated carbocycles. The fourth-order valence-electron chi connectivity index (χ4n) is 3.06. The van der Waals surface area contributed by atoms with Crippen molar-refractivity contribution in [3.05, 3.63) is 11.6 Å². The van der Waals surface area contributed by atoms with Crippen LogP contribution in [0.2, 0.25) is 0 Å². The number of aliphatic hydroxyl groups is 2. The quantitative estimate of drug-likeness (QED) is 0.234. The molecule has 0 aliphatic carbocycles. The minimum atomic E-state index is 0.253. The van der Waals surface area contributed by atoms with E-state index >= 15 is 0 Å². The third kappa shape index (κ3) is 17.8. The lowest BCUT2D eigenvalue weighted by atomic mass is 10.0. The molecule has 138 valence electrons. The second kappa shape index (κ2) is 19.7. The Kier molecular flexibility index (Phi) is 19.4. The molecule has 2 nitrogen and oxygen atoms in total. The first kappa shape index (κ1) is 22.7. The van der Waals surface area contributed by atoms with Crippen molar-refractivity contribution in [1.29, 1.82) is 0 Å². The summed E-state index contributed by atoms with van der Waals surface area (Å²) in [5.74, 6) is 0. The molecule has 0 aromatic rings. The van der Waals surface area contributed by atoms with Crippen molar-refractivity contribution in [2.45, 2.75) is 110 Å². The van der Waals surface area contributed by atoms with Gasteiger partial charge in [0.25, 0.3) is 0 Å². The van der Waals surface area contributed by atoms with Crippen molar-refractivity contribution in [1.82, 2.24) is 0 Å². The van der Waals surface area contributed by atoms with Gasteiger partial charge in [0.15, 0.2) is 0 Å². The number of aliphatic hydroxyl groups excluding tert-OH is 2. The van der Waals surface area contributed by atoms with Crippen LogP contribution in [0.15, 0.2) is 11.6 Å². The smallest absolute Gasteiger partial charge is 0.0468 e. The van der Waals surface area contributed by atoms with Crippen LogP contribution in [0.4, 0.5) is 0 Å². The largest absolute Gasteiger partial charge is 0.396 e. The lowest BCUT2D eigenvalue weighted by Crippen LogP contribution is -1.91. The number of unbranched alkanes of at least 4 members (excludes halogenated alkanes) is 12. The Morgan fingerprint density at radius 1 is 0.609 bits per heavy atom. The molecule has 0 spiro atoms. The maximum atomic E-state index is 9.09. The number of allylic oxidation sites excluding steroid dienone is 1. The molecule has 0 amide bonds. The first-order valence-electron chi connectivity index (χ1n) is 10.2. The van der Waals surface area contributed by atoms with Crippen molar-refractivity contribution in [3.8, 4) is 0 Å². The second-order valence-electron chi connectivity index (χ2n) is 6.84. The van der Waals surface area contributed by atoms with Gasteiger partial charge in [-0.2, -0.15) is 0 Å². The van der Waals surface area contributed by atoms with E-state index in [1.54, 1.807) is 0 Å². The van der Waals surface area contributed by atoms with E-state index in [4.69, 9.17) is 10.2 Å². The van der Waals surface area contributed by atoms with E-state index in [-0.39, 0.29) is 13.2 Å².